The molecule has 0 nitrogen and oxygen atoms in total. The fourth-order valence-electron chi connectivity index (χ4n) is 2.74. The van der Waals surface area contributed by atoms with Crippen LogP contribution in [0.2, 0.25) is 0 Å². The molecule has 19 heavy (non-hydrogen) atoms. The number of hydrogen-bond acceptors (Lipinski definition) is 2. The topological polar surface area (TPSA) is 0 Å². The summed E-state index contributed by atoms with van der Waals surface area (Å²) in [6, 6.07) is 0. The van der Waals surface area contributed by atoms with Crippen LogP contribution in [0.5, 0.6) is 0 Å². The molecule has 0 saturated carbocycles. The first-order chi connectivity index (χ1) is 8.99. The highest BCUT2D eigenvalue weighted by atomic mass is 33.1. The van der Waals surface area contributed by atoms with E-state index in [0.29, 0.717) is 0 Å². The van der Waals surface area contributed by atoms with Gasteiger partial charge in [0.2, 0.25) is 0 Å². The Kier molecular flexibility index (Phi) is 12.5. The lowest BCUT2D eigenvalue weighted by molar-refractivity contribution is 0.485. The molecular weight excluding hydrogens is 287 g/mol. The predicted molar refractivity (Wildman–Crippen MR) is 101 cm³/mol. The minimum atomic E-state index is -1.28. The molecule has 0 radical (unpaired) electrons. The Balaban J connectivity index is 4.24. The van der Waals surface area contributed by atoms with Crippen LogP contribution in [0.1, 0.15) is 79.1 Å². The van der Waals surface area contributed by atoms with E-state index in [1.807, 2.05) is 0 Å². The van der Waals surface area contributed by atoms with Crippen molar-refractivity contribution in [3.8, 4) is 0 Å². The standard InChI is InChI=1S/C16H36PS2/c1-5-9-11-15(7-3)13-17(18,19)14-16(8-4)12-10-6-2/h15-16,18-19H,5-14H2,1-4H3/q+1. The fraction of sp³-hybridized carbons (Fsp3) is 1.00. The Morgan fingerprint density at radius 3 is 1.37 bits per heavy atom. The first-order valence-electron chi connectivity index (χ1n) is 8.31. The van der Waals surface area contributed by atoms with Gasteiger partial charge in [-0.3, -0.25) is 0 Å². The Bertz CT molecular complexity index is 187. The SMILES string of the molecule is CCCCC(CC)C[P+](S)(S)CC(CC)CCCC. The zero-order valence-corrected chi connectivity index (χ0v) is 16.3. The maximum absolute atomic E-state index is 4.99. The van der Waals surface area contributed by atoms with Crippen LogP contribution in [0, 0.1) is 11.8 Å². The molecule has 0 heterocycles. The van der Waals surface area contributed by atoms with Crippen LogP contribution in [0.15, 0.2) is 0 Å². The minimum absolute atomic E-state index is 0.854. The van der Waals surface area contributed by atoms with Crippen molar-refractivity contribution in [3.63, 3.8) is 0 Å². The van der Waals surface area contributed by atoms with Gasteiger partial charge in [-0.2, -0.15) is 0 Å². The lowest BCUT2D eigenvalue weighted by Crippen LogP contribution is -2.12. The molecule has 0 saturated heterocycles. The van der Waals surface area contributed by atoms with Gasteiger partial charge in [-0.25, -0.2) is 0 Å². The molecule has 2 atom stereocenters. The lowest BCUT2D eigenvalue weighted by atomic mass is 10.0. The second-order valence-electron chi connectivity index (χ2n) is 6.08. The molecule has 0 rings (SSSR count). The van der Waals surface area contributed by atoms with Crippen molar-refractivity contribution in [2.24, 2.45) is 11.8 Å². The van der Waals surface area contributed by atoms with Gasteiger partial charge in [-0.05, 0) is 37.5 Å². The van der Waals surface area contributed by atoms with E-state index in [9.17, 15) is 0 Å². The van der Waals surface area contributed by atoms with Gasteiger partial charge in [0.1, 0.15) is 5.67 Å². The molecule has 0 aliphatic heterocycles. The molecule has 0 amide bonds. The third-order valence-corrected chi connectivity index (χ3v) is 8.35. The third-order valence-electron chi connectivity index (χ3n) is 4.19. The van der Waals surface area contributed by atoms with Crippen molar-refractivity contribution >= 4 is 30.2 Å². The number of unbranched alkanes of at least 4 members (excludes halogenated alkanes) is 2. The Morgan fingerprint density at radius 1 is 0.737 bits per heavy atom. The van der Waals surface area contributed by atoms with Gasteiger partial charge in [-0.15, -0.1) is 0 Å². The quantitative estimate of drug-likeness (QED) is 0.277. The van der Waals surface area contributed by atoms with E-state index in [1.165, 1.54) is 63.7 Å². The maximum Gasteiger partial charge on any atom is 0.126 e. The first kappa shape index (κ1) is 20.1. The molecule has 0 aromatic heterocycles. The summed E-state index contributed by atoms with van der Waals surface area (Å²) in [5.74, 6) is 1.71. The van der Waals surface area contributed by atoms with Crippen LogP contribution in [0.3, 0.4) is 0 Å². The van der Waals surface area contributed by atoms with Gasteiger partial charge in [0.05, 0.1) is 12.3 Å². The van der Waals surface area contributed by atoms with E-state index in [2.05, 4.69) is 27.7 Å². The smallest absolute Gasteiger partial charge is 0.0654 e. The molecule has 0 spiro atoms. The highest BCUT2D eigenvalue weighted by molar-refractivity contribution is 8.85. The van der Waals surface area contributed by atoms with Crippen molar-refractivity contribution in [2.45, 2.75) is 79.1 Å². The van der Waals surface area contributed by atoms with E-state index in [1.54, 1.807) is 0 Å². The average Bonchev–Trinajstić information content (AvgIpc) is 2.39. The molecule has 0 aromatic carbocycles. The number of thiol groups is 2. The normalized spacial score (nSPS) is 15.5. The van der Waals surface area contributed by atoms with Gasteiger partial charge < -0.3 is 0 Å². The summed E-state index contributed by atoms with van der Waals surface area (Å²) >= 11 is 9.99. The summed E-state index contributed by atoms with van der Waals surface area (Å²) in [4.78, 5) is 0. The molecule has 116 valence electrons. The molecule has 0 aliphatic carbocycles. The third kappa shape index (κ3) is 10.5. The highest BCUT2D eigenvalue weighted by Crippen LogP contribution is 2.70. The van der Waals surface area contributed by atoms with Crippen molar-refractivity contribution < 1.29 is 0 Å². The van der Waals surface area contributed by atoms with E-state index in [-0.39, 0.29) is 0 Å². The van der Waals surface area contributed by atoms with Gasteiger partial charge >= 0.3 is 0 Å². The van der Waals surface area contributed by atoms with Gasteiger partial charge in [0.25, 0.3) is 0 Å². The maximum atomic E-state index is 4.99. The molecule has 0 bridgehead atoms. The second-order valence-corrected chi connectivity index (χ2v) is 14.1. The number of hydrogen-bond donors (Lipinski definition) is 2. The van der Waals surface area contributed by atoms with Gasteiger partial charge in [-0.1, -0.05) is 53.4 Å². The van der Waals surface area contributed by atoms with Crippen LogP contribution < -0.4 is 0 Å². The summed E-state index contributed by atoms with van der Waals surface area (Å²) in [5, 5.41) is 0. The van der Waals surface area contributed by atoms with E-state index in [0.717, 1.165) is 11.8 Å². The summed E-state index contributed by atoms with van der Waals surface area (Å²) in [5.41, 5.74) is -1.28. The number of rotatable bonds is 12. The molecule has 2 unspecified atom stereocenters. The fourth-order valence-corrected chi connectivity index (χ4v) is 8.19. The summed E-state index contributed by atoms with van der Waals surface area (Å²) in [6.07, 6.45) is 13.3. The van der Waals surface area contributed by atoms with E-state index < -0.39 is 5.67 Å². The molecule has 0 fully saturated rings. The van der Waals surface area contributed by atoms with Crippen LogP contribution in [0.4, 0.5) is 0 Å². The second kappa shape index (κ2) is 11.8. The Labute approximate surface area is 133 Å². The summed E-state index contributed by atoms with van der Waals surface area (Å²) in [7, 11) is 0. The van der Waals surface area contributed by atoms with Gasteiger partial charge in [0.15, 0.2) is 0 Å². The summed E-state index contributed by atoms with van der Waals surface area (Å²) < 4.78 is 0. The zero-order valence-electron chi connectivity index (χ0n) is 13.6. The van der Waals surface area contributed by atoms with E-state index >= 15 is 0 Å². The molecule has 0 N–H and O–H groups in total. The molecule has 0 aliphatic rings. The largest absolute Gasteiger partial charge is 0.126 e. The average molecular weight is 324 g/mol. The van der Waals surface area contributed by atoms with Gasteiger partial charge in [0, 0.05) is 24.5 Å². The highest BCUT2D eigenvalue weighted by Gasteiger charge is 2.35. The molecule has 3 heteroatoms. The monoisotopic (exact) mass is 323 g/mol. The zero-order chi connectivity index (χ0) is 14.7. The molecule has 0 aromatic rings. The van der Waals surface area contributed by atoms with Crippen molar-refractivity contribution in [1.82, 2.24) is 0 Å². The molecular formula is C16H36PS2+. The van der Waals surface area contributed by atoms with Crippen LogP contribution in [0.25, 0.3) is 0 Å². The van der Waals surface area contributed by atoms with Crippen molar-refractivity contribution in [2.75, 3.05) is 12.3 Å². The van der Waals surface area contributed by atoms with Crippen LogP contribution in [-0.2, 0) is 0 Å². The van der Waals surface area contributed by atoms with Crippen LogP contribution >= 0.6 is 30.2 Å². The lowest BCUT2D eigenvalue weighted by Gasteiger charge is -2.24. The van der Waals surface area contributed by atoms with E-state index in [4.69, 9.17) is 24.5 Å². The Morgan fingerprint density at radius 2 is 1.11 bits per heavy atom. The van der Waals surface area contributed by atoms with Crippen molar-refractivity contribution in [1.29, 1.82) is 0 Å². The summed E-state index contributed by atoms with van der Waals surface area (Å²) in [6.45, 7) is 9.23. The minimum Gasteiger partial charge on any atom is -0.0654 e. The van der Waals surface area contributed by atoms with Crippen LogP contribution in [-0.4, -0.2) is 12.3 Å². The predicted octanol–water partition coefficient (Wildman–Crippen LogP) is 7.13. The van der Waals surface area contributed by atoms with Crippen molar-refractivity contribution in [3.05, 3.63) is 0 Å². The first-order valence-corrected chi connectivity index (χ1v) is 12.8. The Hall–Kier alpha value is 1.13.